The molecule has 0 aromatic heterocycles. The molecule has 0 aliphatic rings. The Balaban J connectivity index is 4.23. The summed E-state index contributed by atoms with van der Waals surface area (Å²) in [7, 11) is 1.80. The number of nitrogens with zero attached hydrogens (tertiary/aromatic N) is 1. The molecule has 18 heavy (non-hydrogen) atoms. The van der Waals surface area contributed by atoms with Gasteiger partial charge in [0.1, 0.15) is 0 Å². The zero-order chi connectivity index (χ0) is 14.0. The summed E-state index contributed by atoms with van der Waals surface area (Å²) in [6.45, 7) is 15.5. The van der Waals surface area contributed by atoms with E-state index < -0.39 is 0 Å². The van der Waals surface area contributed by atoms with Crippen LogP contribution in [-0.4, -0.2) is 49.8 Å². The van der Waals surface area contributed by atoms with Gasteiger partial charge in [-0.15, -0.1) is 0 Å². The molecule has 0 amide bonds. The molecular weight excluding hydrogens is 224 g/mol. The Bertz CT molecular complexity index is 195. The van der Waals surface area contributed by atoms with E-state index in [-0.39, 0.29) is 5.60 Å². The van der Waals surface area contributed by atoms with E-state index in [4.69, 9.17) is 4.74 Å². The van der Waals surface area contributed by atoms with Gasteiger partial charge in [-0.1, -0.05) is 27.2 Å². The maximum atomic E-state index is 5.62. The monoisotopic (exact) mass is 258 g/mol. The Kier molecular flexibility index (Phi) is 9.70. The van der Waals surface area contributed by atoms with Gasteiger partial charge in [0.25, 0.3) is 0 Å². The normalized spacial score (nSPS) is 14.2. The summed E-state index contributed by atoms with van der Waals surface area (Å²) in [6.07, 6.45) is 3.72. The van der Waals surface area contributed by atoms with Gasteiger partial charge in [-0.25, -0.2) is 0 Å². The molecular formula is C15H34N2O. The summed E-state index contributed by atoms with van der Waals surface area (Å²) >= 11 is 0. The topological polar surface area (TPSA) is 24.5 Å². The van der Waals surface area contributed by atoms with Crippen molar-refractivity contribution in [3.63, 3.8) is 0 Å². The lowest BCUT2D eigenvalue weighted by molar-refractivity contribution is -0.0143. The van der Waals surface area contributed by atoms with Crippen molar-refractivity contribution in [1.29, 1.82) is 0 Å². The van der Waals surface area contributed by atoms with Gasteiger partial charge in [-0.3, -0.25) is 0 Å². The van der Waals surface area contributed by atoms with Crippen LogP contribution in [-0.2, 0) is 4.74 Å². The molecule has 0 heterocycles. The molecule has 0 aromatic rings. The first-order valence-electron chi connectivity index (χ1n) is 7.52. The fourth-order valence-corrected chi connectivity index (χ4v) is 2.21. The van der Waals surface area contributed by atoms with Crippen LogP contribution in [0.2, 0.25) is 0 Å². The maximum absolute atomic E-state index is 5.62. The molecule has 1 unspecified atom stereocenters. The molecule has 0 bridgehead atoms. The van der Waals surface area contributed by atoms with Crippen molar-refractivity contribution < 1.29 is 4.74 Å². The Labute approximate surface area is 114 Å². The molecule has 0 saturated carbocycles. The van der Waals surface area contributed by atoms with Crippen LogP contribution in [0.15, 0.2) is 0 Å². The minimum atomic E-state index is -0.0970. The first-order chi connectivity index (χ1) is 8.51. The van der Waals surface area contributed by atoms with Gasteiger partial charge in [-0.2, -0.15) is 0 Å². The molecule has 0 aliphatic heterocycles. The van der Waals surface area contributed by atoms with E-state index in [1.807, 2.05) is 0 Å². The predicted octanol–water partition coefficient (Wildman–Crippen LogP) is 2.90. The van der Waals surface area contributed by atoms with E-state index in [2.05, 4.69) is 44.8 Å². The van der Waals surface area contributed by atoms with E-state index in [9.17, 15) is 0 Å². The molecule has 110 valence electrons. The lowest BCUT2D eigenvalue weighted by Gasteiger charge is -2.35. The molecule has 3 nitrogen and oxygen atoms in total. The van der Waals surface area contributed by atoms with Crippen LogP contribution in [0.25, 0.3) is 0 Å². The van der Waals surface area contributed by atoms with Crippen LogP contribution < -0.4 is 5.32 Å². The second-order valence-corrected chi connectivity index (χ2v) is 5.49. The van der Waals surface area contributed by atoms with Crippen LogP contribution in [0.5, 0.6) is 0 Å². The van der Waals surface area contributed by atoms with Gasteiger partial charge in [0, 0.05) is 13.2 Å². The van der Waals surface area contributed by atoms with Crippen LogP contribution in [0.3, 0.4) is 0 Å². The van der Waals surface area contributed by atoms with Gasteiger partial charge in [-0.05, 0) is 52.9 Å². The van der Waals surface area contributed by atoms with Crippen LogP contribution in [0, 0.1) is 0 Å². The number of hydrogen-bond donors (Lipinski definition) is 1. The number of ether oxygens (including phenoxy) is 1. The average molecular weight is 258 g/mol. The van der Waals surface area contributed by atoms with Gasteiger partial charge < -0.3 is 15.0 Å². The third kappa shape index (κ3) is 6.72. The molecule has 1 atom stereocenters. The fraction of sp³-hybridized carbons (Fsp3) is 1.00. The van der Waals surface area contributed by atoms with Crippen molar-refractivity contribution in [2.75, 3.05) is 33.3 Å². The highest BCUT2D eigenvalue weighted by Crippen LogP contribution is 2.17. The summed E-state index contributed by atoms with van der Waals surface area (Å²) in [5.74, 6) is 0. The van der Waals surface area contributed by atoms with Gasteiger partial charge in [0.15, 0.2) is 0 Å². The predicted molar refractivity (Wildman–Crippen MR) is 80.2 cm³/mol. The van der Waals surface area contributed by atoms with Crippen LogP contribution in [0.4, 0.5) is 0 Å². The van der Waals surface area contributed by atoms with Gasteiger partial charge in [0.2, 0.25) is 0 Å². The molecule has 0 saturated heterocycles. The van der Waals surface area contributed by atoms with E-state index in [1.165, 1.54) is 19.4 Å². The third-order valence-corrected chi connectivity index (χ3v) is 3.82. The maximum Gasteiger partial charge on any atom is 0.0775 e. The second-order valence-electron chi connectivity index (χ2n) is 5.49. The first-order valence-corrected chi connectivity index (χ1v) is 7.52. The van der Waals surface area contributed by atoms with E-state index in [0.29, 0.717) is 6.04 Å². The number of rotatable bonds is 11. The zero-order valence-corrected chi connectivity index (χ0v) is 13.4. The highest BCUT2D eigenvalue weighted by Gasteiger charge is 2.28. The van der Waals surface area contributed by atoms with Crippen molar-refractivity contribution in [3.8, 4) is 0 Å². The van der Waals surface area contributed by atoms with Crippen molar-refractivity contribution >= 4 is 0 Å². The number of hydrogen-bond acceptors (Lipinski definition) is 3. The first kappa shape index (κ1) is 17.9. The smallest absolute Gasteiger partial charge is 0.0775 e. The average Bonchev–Trinajstić information content (AvgIpc) is 2.37. The number of methoxy groups -OCH3 is 1. The summed E-state index contributed by atoms with van der Waals surface area (Å²) in [5, 5.41) is 3.56. The summed E-state index contributed by atoms with van der Waals surface area (Å²) in [4.78, 5) is 2.54. The Morgan fingerprint density at radius 1 is 1.17 bits per heavy atom. The Morgan fingerprint density at radius 3 is 2.28 bits per heavy atom. The molecule has 0 radical (unpaired) electrons. The standard InChI is InChI=1S/C15H34N2O/c1-7-10-12-17(9-3)13-11-14(16-8-2)15(4,5)18-6/h14,16H,7-13H2,1-6H3. The molecule has 3 heteroatoms. The van der Waals surface area contributed by atoms with Crippen LogP contribution in [0.1, 0.15) is 53.9 Å². The van der Waals surface area contributed by atoms with Gasteiger partial charge >= 0.3 is 0 Å². The van der Waals surface area contributed by atoms with Crippen molar-refractivity contribution in [2.45, 2.75) is 65.5 Å². The van der Waals surface area contributed by atoms with Crippen LogP contribution >= 0.6 is 0 Å². The Morgan fingerprint density at radius 2 is 1.83 bits per heavy atom. The zero-order valence-electron chi connectivity index (χ0n) is 13.4. The Hall–Kier alpha value is -0.120. The molecule has 0 spiro atoms. The van der Waals surface area contributed by atoms with E-state index in [1.54, 1.807) is 7.11 Å². The molecule has 0 aromatic carbocycles. The minimum absolute atomic E-state index is 0.0970. The number of nitrogens with one attached hydrogen (secondary N) is 1. The third-order valence-electron chi connectivity index (χ3n) is 3.82. The van der Waals surface area contributed by atoms with Crippen molar-refractivity contribution in [2.24, 2.45) is 0 Å². The second kappa shape index (κ2) is 9.76. The largest absolute Gasteiger partial charge is 0.377 e. The number of unbranched alkanes of at least 4 members (excludes halogenated alkanes) is 1. The lowest BCUT2D eigenvalue weighted by atomic mass is 9.95. The van der Waals surface area contributed by atoms with Gasteiger partial charge in [0.05, 0.1) is 5.60 Å². The summed E-state index contributed by atoms with van der Waals surface area (Å²) < 4.78 is 5.62. The molecule has 1 N–H and O–H groups in total. The molecule has 0 fully saturated rings. The van der Waals surface area contributed by atoms with Crippen molar-refractivity contribution in [3.05, 3.63) is 0 Å². The minimum Gasteiger partial charge on any atom is -0.377 e. The quantitative estimate of drug-likeness (QED) is 0.617. The SMILES string of the molecule is CCCCN(CC)CCC(NCC)C(C)(C)OC. The highest BCUT2D eigenvalue weighted by atomic mass is 16.5. The summed E-state index contributed by atoms with van der Waals surface area (Å²) in [6, 6.07) is 0.420. The fourth-order valence-electron chi connectivity index (χ4n) is 2.21. The van der Waals surface area contributed by atoms with E-state index in [0.717, 1.165) is 26.1 Å². The lowest BCUT2D eigenvalue weighted by Crippen LogP contribution is -2.49. The molecule has 0 aliphatic carbocycles. The highest BCUT2D eigenvalue weighted by molar-refractivity contribution is 4.85. The van der Waals surface area contributed by atoms with E-state index >= 15 is 0 Å². The summed E-state index contributed by atoms with van der Waals surface area (Å²) in [5.41, 5.74) is -0.0970. The van der Waals surface area contributed by atoms with Crippen molar-refractivity contribution in [1.82, 2.24) is 10.2 Å². The number of likely N-dealkylation sites (N-methyl/N-ethyl adjacent to an activating group) is 1. The molecule has 0 rings (SSSR count).